The molecular formula is C20H24N6O4. The number of carboxylic acids is 1. The zero-order valence-electron chi connectivity index (χ0n) is 16.5. The van der Waals surface area contributed by atoms with Gasteiger partial charge < -0.3 is 26.6 Å². The first kappa shape index (κ1) is 21.0. The molecule has 0 bridgehead atoms. The first-order valence-electron chi connectivity index (χ1n) is 9.54. The largest absolute Gasteiger partial charge is 0.479 e. The van der Waals surface area contributed by atoms with Gasteiger partial charge in [0.1, 0.15) is 5.82 Å². The molecule has 1 saturated carbocycles. The number of carbonyl (C=O) groups is 3. The number of nitrogens with zero attached hydrogens (tertiary/aromatic N) is 2. The molecule has 1 aliphatic carbocycles. The highest BCUT2D eigenvalue weighted by Gasteiger charge is 2.44. The summed E-state index contributed by atoms with van der Waals surface area (Å²) in [5, 5.41) is 18.5. The van der Waals surface area contributed by atoms with Crippen molar-refractivity contribution >= 4 is 29.7 Å². The molecule has 1 aromatic carbocycles. The van der Waals surface area contributed by atoms with Gasteiger partial charge in [0.05, 0.1) is 6.21 Å². The zero-order valence-corrected chi connectivity index (χ0v) is 16.5. The Bertz CT molecular complexity index is 941. The SMILES string of the molecule is CC(NC(=O)C1CCCC1C(=O)Nc1ccc(C=NN)cc1)(C(=O)O)c1ncc[nH]1. The quantitative estimate of drug-likeness (QED) is 0.260. The molecular weight excluding hydrogens is 388 g/mol. The van der Waals surface area contributed by atoms with Gasteiger partial charge in [-0.15, -0.1) is 0 Å². The first-order valence-corrected chi connectivity index (χ1v) is 9.54. The summed E-state index contributed by atoms with van der Waals surface area (Å²) in [5.74, 6) is 2.06. The minimum absolute atomic E-state index is 0.114. The first-order chi connectivity index (χ1) is 14.3. The number of imidazole rings is 1. The number of H-pyrrole nitrogens is 1. The highest BCUT2D eigenvalue weighted by molar-refractivity contribution is 5.97. The van der Waals surface area contributed by atoms with E-state index in [2.05, 4.69) is 25.7 Å². The predicted molar refractivity (Wildman–Crippen MR) is 109 cm³/mol. The molecule has 0 aliphatic heterocycles. The number of carboxylic acid groups (broad SMARTS) is 1. The van der Waals surface area contributed by atoms with Gasteiger partial charge in [-0.3, -0.25) is 9.59 Å². The van der Waals surface area contributed by atoms with Crippen LogP contribution in [0.2, 0.25) is 0 Å². The van der Waals surface area contributed by atoms with Crippen LogP contribution in [0.3, 0.4) is 0 Å². The predicted octanol–water partition coefficient (Wildman–Crippen LogP) is 1.17. The monoisotopic (exact) mass is 412 g/mol. The molecule has 3 rings (SSSR count). The molecule has 158 valence electrons. The Labute approximate surface area is 173 Å². The number of nitrogens with one attached hydrogen (secondary N) is 3. The van der Waals surface area contributed by atoms with Crippen LogP contribution in [0.5, 0.6) is 0 Å². The highest BCUT2D eigenvalue weighted by atomic mass is 16.4. The number of amides is 2. The molecule has 10 nitrogen and oxygen atoms in total. The Kier molecular flexibility index (Phi) is 6.14. The summed E-state index contributed by atoms with van der Waals surface area (Å²) in [6.45, 7) is 1.36. The molecule has 3 atom stereocenters. The second-order valence-electron chi connectivity index (χ2n) is 7.39. The van der Waals surface area contributed by atoms with Crippen LogP contribution in [0.15, 0.2) is 41.8 Å². The Morgan fingerprint density at radius 3 is 2.47 bits per heavy atom. The van der Waals surface area contributed by atoms with E-state index in [1.54, 1.807) is 24.3 Å². The summed E-state index contributed by atoms with van der Waals surface area (Å²) in [5.41, 5.74) is -0.337. The van der Waals surface area contributed by atoms with Gasteiger partial charge >= 0.3 is 5.97 Å². The van der Waals surface area contributed by atoms with Crippen molar-refractivity contribution < 1.29 is 19.5 Å². The molecule has 0 saturated heterocycles. The van der Waals surface area contributed by atoms with E-state index >= 15 is 0 Å². The molecule has 6 N–H and O–H groups in total. The molecule has 30 heavy (non-hydrogen) atoms. The minimum atomic E-state index is -1.72. The molecule has 1 aromatic heterocycles. The lowest BCUT2D eigenvalue weighted by atomic mass is 9.92. The minimum Gasteiger partial charge on any atom is -0.479 e. The maximum Gasteiger partial charge on any atom is 0.337 e. The smallest absolute Gasteiger partial charge is 0.337 e. The Balaban J connectivity index is 1.70. The summed E-state index contributed by atoms with van der Waals surface area (Å²) >= 11 is 0. The van der Waals surface area contributed by atoms with Crippen molar-refractivity contribution in [1.29, 1.82) is 0 Å². The van der Waals surface area contributed by atoms with E-state index < -0.39 is 29.3 Å². The fourth-order valence-corrected chi connectivity index (χ4v) is 3.65. The molecule has 1 fully saturated rings. The van der Waals surface area contributed by atoms with Crippen molar-refractivity contribution in [3.8, 4) is 0 Å². The van der Waals surface area contributed by atoms with E-state index in [1.807, 2.05) is 0 Å². The summed E-state index contributed by atoms with van der Waals surface area (Å²) in [6.07, 6.45) is 6.14. The third kappa shape index (κ3) is 4.32. The van der Waals surface area contributed by atoms with E-state index in [9.17, 15) is 19.5 Å². The van der Waals surface area contributed by atoms with Gasteiger partial charge in [-0.2, -0.15) is 5.10 Å². The molecule has 2 amide bonds. The zero-order chi connectivity index (χ0) is 21.7. The molecule has 0 radical (unpaired) electrons. The lowest BCUT2D eigenvalue weighted by Crippen LogP contribution is -2.53. The number of rotatable bonds is 7. The number of carbonyl (C=O) groups excluding carboxylic acids is 2. The number of nitrogens with two attached hydrogens (primary N) is 1. The van der Waals surface area contributed by atoms with Crippen LogP contribution in [0, 0.1) is 11.8 Å². The average Bonchev–Trinajstić information content (AvgIpc) is 3.42. The van der Waals surface area contributed by atoms with E-state index in [1.165, 1.54) is 25.5 Å². The van der Waals surface area contributed by atoms with Gasteiger partial charge in [0.15, 0.2) is 5.54 Å². The van der Waals surface area contributed by atoms with E-state index in [-0.39, 0.29) is 11.7 Å². The molecule has 0 spiro atoms. The Morgan fingerprint density at radius 1 is 1.23 bits per heavy atom. The average molecular weight is 412 g/mol. The van der Waals surface area contributed by atoms with Gasteiger partial charge in [-0.05, 0) is 37.5 Å². The van der Waals surface area contributed by atoms with Gasteiger partial charge in [-0.1, -0.05) is 18.6 Å². The standard InChI is InChI=1S/C20H24N6O4/c1-20(19(29)30,18-22-9-10-23-18)26-17(28)15-4-2-3-14(15)16(27)25-13-7-5-12(6-8-13)11-24-21/h5-11,14-15H,2-4,21H2,1H3,(H,22,23)(H,25,27)(H,26,28)(H,29,30). The highest BCUT2D eigenvalue weighted by Crippen LogP contribution is 2.34. The number of hydrogen-bond acceptors (Lipinski definition) is 6. The van der Waals surface area contributed by atoms with Crippen LogP contribution in [0.25, 0.3) is 0 Å². The van der Waals surface area contributed by atoms with E-state index in [0.29, 0.717) is 24.9 Å². The van der Waals surface area contributed by atoms with E-state index in [4.69, 9.17) is 5.84 Å². The molecule has 2 aromatic rings. The fraction of sp³-hybridized carbons (Fsp3) is 0.350. The molecule has 3 unspecified atom stereocenters. The van der Waals surface area contributed by atoms with Crippen LogP contribution in [0.4, 0.5) is 5.69 Å². The molecule has 1 heterocycles. The van der Waals surface area contributed by atoms with Crippen LogP contribution in [-0.4, -0.2) is 39.1 Å². The van der Waals surface area contributed by atoms with Crippen molar-refractivity contribution in [2.75, 3.05) is 5.32 Å². The van der Waals surface area contributed by atoms with Gasteiger partial charge in [0.25, 0.3) is 0 Å². The number of anilines is 1. The number of hydrogen-bond donors (Lipinski definition) is 5. The maximum atomic E-state index is 12.9. The summed E-state index contributed by atoms with van der Waals surface area (Å²) < 4.78 is 0. The van der Waals surface area contributed by atoms with Gasteiger partial charge in [0, 0.05) is 29.9 Å². The topological polar surface area (TPSA) is 163 Å². The fourth-order valence-electron chi connectivity index (χ4n) is 3.65. The maximum absolute atomic E-state index is 12.9. The second kappa shape index (κ2) is 8.76. The summed E-state index contributed by atoms with van der Waals surface area (Å²) in [6, 6.07) is 6.95. The normalized spacial score (nSPS) is 20.6. The van der Waals surface area contributed by atoms with Crippen LogP contribution in [-0.2, 0) is 19.9 Å². The van der Waals surface area contributed by atoms with Crippen molar-refractivity contribution in [1.82, 2.24) is 15.3 Å². The Morgan fingerprint density at radius 2 is 1.90 bits per heavy atom. The van der Waals surface area contributed by atoms with Crippen LogP contribution in [0.1, 0.15) is 37.6 Å². The third-order valence-corrected chi connectivity index (χ3v) is 5.36. The molecule has 10 heteroatoms. The van der Waals surface area contributed by atoms with Gasteiger partial charge in [0.2, 0.25) is 11.8 Å². The van der Waals surface area contributed by atoms with Crippen LogP contribution < -0.4 is 16.5 Å². The third-order valence-electron chi connectivity index (χ3n) is 5.36. The van der Waals surface area contributed by atoms with Crippen molar-refractivity contribution in [3.63, 3.8) is 0 Å². The Hall–Kier alpha value is -3.69. The van der Waals surface area contributed by atoms with Crippen molar-refractivity contribution in [2.45, 2.75) is 31.7 Å². The summed E-state index contributed by atoms with van der Waals surface area (Å²) in [4.78, 5) is 44.3. The number of benzene rings is 1. The van der Waals surface area contributed by atoms with Crippen LogP contribution >= 0.6 is 0 Å². The number of hydrazone groups is 1. The lowest BCUT2D eigenvalue weighted by Gasteiger charge is -2.27. The van der Waals surface area contributed by atoms with Gasteiger partial charge in [-0.25, -0.2) is 9.78 Å². The lowest BCUT2D eigenvalue weighted by molar-refractivity contribution is -0.148. The number of aromatic amines is 1. The molecule has 1 aliphatic rings. The number of aliphatic carboxylic acids is 1. The summed E-state index contributed by atoms with van der Waals surface area (Å²) in [7, 11) is 0. The second-order valence-corrected chi connectivity index (χ2v) is 7.39. The van der Waals surface area contributed by atoms with E-state index in [0.717, 1.165) is 5.56 Å². The van der Waals surface area contributed by atoms with Crippen molar-refractivity contribution in [3.05, 3.63) is 48.0 Å². The number of aromatic nitrogens is 2. The van der Waals surface area contributed by atoms with Crippen molar-refractivity contribution in [2.24, 2.45) is 22.8 Å².